The van der Waals surface area contributed by atoms with Crippen molar-refractivity contribution in [3.05, 3.63) is 59.0 Å². The molecule has 0 radical (unpaired) electrons. The molecule has 1 atom stereocenters. The number of nitrogens with two attached hydrogens (primary N) is 1. The van der Waals surface area contributed by atoms with E-state index >= 15 is 0 Å². The van der Waals surface area contributed by atoms with Crippen LogP contribution in [0.3, 0.4) is 0 Å². The number of carbonyl (C=O) groups is 2. The first-order chi connectivity index (χ1) is 16.3. The molecule has 1 aromatic carbocycles. The van der Waals surface area contributed by atoms with E-state index in [4.69, 9.17) is 5.73 Å². The summed E-state index contributed by atoms with van der Waals surface area (Å²) in [5.74, 6) is 0.597. The van der Waals surface area contributed by atoms with Crippen molar-refractivity contribution in [1.82, 2.24) is 19.7 Å². The fourth-order valence-corrected chi connectivity index (χ4v) is 4.59. The number of rotatable bonds is 7. The largest absolute Gasteiger partial charge is 0.364 e. The van der Waals surface area contributed by atoms with Gasteiger partial charge in [-0.1, -0.05) is 26.0 Å². The third-order valence-corrected chi connectivity index (χ3v) is 6.58. The number of hydrogen-bond acceptors (Lipinski definition) is 8. The topological polar surface area (TPSA) is 126 Å². The lowest BCUT2D eigenvalue weighted by Gasteiger charge is -2.34. The van der Waals surface area contributed by atoms with Crippen LogP contribution >= 0.6 is 11.5 Å². The predicted octanol–water partition coefficient (Wildman–Crippen LogP) is 3.61. The van der Waals surface area contributed by atoms with Crippen LogP contribution in [0.5, 0.6) is 0 Å². The number of aryl methyl sites for hydroxylation is 1. The lowest BCUT2D eigenvalue weighted by molar-refractivity contribution is 0.0932. The maximum atomic E-state index is 12.8. The summed E-state index contributed by atoms with van der Waals surface area (Å²) < 4.78 is 4.24. The van der Waals surface area contributed by atoms with Gasteiger partial charge in [0.2, 0.25) is 0 Å². The van der Waals surface area contributed by atoms with Crippen molar-refractivity contribution in [3.63, 3.8) is 0 Å². The summed E-state index contributed by atoms with van der Waals surface area (Å²) in [5, 5.41) is 7.01. The molecule has 1 aliphatic rings. The van der Waals surface area contributed by atoms with Gasteiger partial charge >= 0.3 is 0 Å². The van der Waals surface area contributed by atoms with Gasteiger partial charge in [0.05, 0.1) is 11.9 Å². The molecule has 0 saturated carbocycles. The fraction of sp³-hybridized carbons (Fsp3) is 0.375. The van der Waals surface area contributed by atoms with Crippen LogP contribution < -0.4 is 21.3 Å². The van der Waals surface area contributed by atoms with Gasteiger partial charge in [-0.3, -0.25) is 9.59 Å². The van der Waals surface area contributed by atoms with E-state index in [1.54, 1.807) is 6.20 Å². The highest BCUT2D eigenvalue weighted by molar-refractivity contribution is 7.10. The van der Waals surface area contributed by atoms with Crippen LogP contribution in [0.15, 0.2) is 36.5 Å². The lowest BCUT2D eigenvalue weighted by Crippen LogP contribution is -2.48. The molecular weight excluding hydrogens is 450 g/mol. The maximum Gasteiger partial charge on any atom is 0.271 e. The van der Waals surface area contributed by atoms with Crippen LogP contribution in [-0.4, -0.2) is 45.3 Å². The monoisotopic (exact) mass is 479 g/mol. The Morgan fingerprint density at radius 1 is 1.24 bits per heavy atom. The summed E-state index contributed by atoms with van der Waals surface area (Å²) in [4.78, 5) is 35.6. The smallest absolute Gasteiger partial charge is 0.271 e. The average molecular weight is 480 g/mol. The summed E-state index contributed by atoms with van der Waals surface area (Å²) in [6.07, 6.45) is 3.33. The molecule has 3 aromatic rings. The van der Waals surface area contributed by atoms with E-state index in [9.17, 15) is 9.59 Å². The molecule has 1 aliphatic heterocycles. The molecule has 178 valence electrons. The highest BCUT2D eigenvalue weighted by atomic mass is 32.1. The number of anilines is 3. The SMILES string of the molecule is Cc1cc(Nc2nc(N3CCCC(NC(=O)c4ccc(C(C)C)cc4)C3)cnc2C(N)=O)sn1. The minimum atomic E-state index is -0.657. The molecule has 0 bridgehead atoms. The van der Waals surface area contributed by atoms with E-state index in [-0.39, 0.29) is 17.6 Å². The Balaban J connectivity index is 1.47. The second-order valence-electron chi connectivity index (χ2n) is 8.78. The second-order valence-corrected chi connectivity index (χ2v) is 9.59. The van der Waals surface area contributed by atoms with Gasteiger partial charge in [-0.2, -0.15) is 4.37 Å². The third kappa shape index (κ3) is 5.51. The molecule has 0 aliphatic carbocycles. The molecule has 34 heavy (non-hydrogen) atoms. The molecule has 1 unspecified atom stereocenters. The number of carbonyl (C=O) groups excluding carboxylic acids is 2. The highest BCUT2D eigenvalue weighted by Crippen LogP contribution is 2.25. The quantitative estimate of drug-likeness (QED) is 0.472. The number of piperidine rings is 1. The third-order valence-electron chi connectivity index (χ3n) is 5.78. The normalized spacial score (nSPS) is 15.9. The van der Waals surface area contributed by atoms with E-state index < -0.39 is 5.91 Å². The molecule has 0 spiro atoms. The van der Waals surface area contributed by atoms with Crippen LogP contribution in [0.25, 0.3) is 0 Å². The van der Waals surface area contributed by atoms with E-state index in [0.717, 1.165) is 30.1 Å². The van der Waals surface area contributed by atoms with Gasteiger partial charge in [-0.05, 0) is 61.0 Å². The van der Waals surface area contributed by atoms with E-state index in [1.165, 1.54) is 17.1 Å². The molecule has 3 heterocycles. The Morgan fingerprint density at radius 3 is 2.65 bits per heavy atom. The van der Waals surface area contributed by atoms with Crippen molar-refractivity contribution in [2.24, 2.45) is 5.73 Å². The Hall–Kier alpha value is -3.53. The molecular formula is C24H29N7O2S. The maximum absolute atomic E-state index is 12.8. The first-order valence-corrected chi connectivity index (χ1v) is 12.1. The molecule has 9 nitrogen and oxygen atoms in total. The molecule has 2 amide bonds. The van der Waals surface area contributed by atoms with Crippen molar-refractivity contribution in [3.8, 4) is 0 Å². The van der Waals surface area contributed by atoms with E-state index in [0.29, 0.717) is 29.7 Å². The van der Waals surface area contributed by atoms with Crippen LogP contribution in [0, 0.1) is 6.92 Å². The van der Waals surface area contributed by atoms with Crippen molar-refractivity contribution in [1.29, 1.82) is 0 Å². The van der Waals surface area contributed by atoms with Crippen LogP contribution in [-0.2, 0) is 0 Å². The van der Waals surface area contributed by atoms with Crippen LogP contribution in [0.1, 0.15) is 64.7 Å². The Labute approximate surface area is 203 Å². The standard InChI is InChI=1S/C24H29N7O2S/c1-14(2)16-6-8-17(9-7-16)24(33)27-18-5-4-10-31(13-18)19-12-26-21(22(25)32)23(28-19)29-20-11-15(3)30-34-20/h6-9,11-12,14,18H,4-5,10,13H2,1-3H3,(H2,25,32)(H,27,33)(H,28,29). The van der Waals surface area contributed by atoms with E-state index in [1.807, 2.05) is 37.3 Å². The Bertz CT molecular complexity index is 1180. The summed E-state index contributed by atoms with van der Waals surface area (Å²) in [7, 11) is 0. The molecule has 1 fully saturated rings. The number of nitrogens with zero attached hydrogens (tertiary/aromatic N) is 4. The van der Waals surface area contributed by atoms with Gasteiger partial charge in [-0.25, -0.2) is 9.97 Å². The first kappa shape index (κ1) is 23.6. The molecule has 4 rings (SSSR count). The molecule has 10 heteroatoms. The van der Waals surface area contributed by atoms with Gasteiger partial charge in [-0.15, -0.1) is 0 Å². The molecule has 2 aromatic heterocycles. The summed E-state index contributed by atoms with van der Waals surface area (Å²) in [5.41, 5.74) is 8.30. The summed E-state index contributed by atoms with van der Waals surface area (Å²) in [6, 6.07) is 9.59. The van der Waals surface area contributed by atoms with Gasteiger partial charge in [0.1, 0.15) is 10.8 Å². The van der Waals surface area contributed by atoms with Gasteiger partial charge in [0.25, 0.3) is 11.8 Å². The van der Waals surface area contributed by atoms with E-state index in [2.05, 4.69) is 43.7 Å². The average Bonchev–Trinajstić information content (AvgIpc) is 3.23. The molecule has 4 N–H and O–H groups in total. The highest BCUT2D eigenvalue weighted by Gasteiger charge is 2.24. The number of amides is 2. The number of hydrogen-bond donors (Lipinski definition) is 3. The van der Waals surface area contributed by atoms with Crippen molar-refractivity contribution in [2.75, 3.05) is 23.3 Å². The predicted molar refractivity (Wildman–Crippen MR) is 134 cm³/mol. The summed E-state index contributed by atoms with van der Waals surface area (Å²) >= 11 is 1.27. The molecule has 1 saturated heterocycles. The minimum Gasteiger partial charge on any atom is -0.364 e. The van der Waals surface area contributed by atoms with Gasteiger partial charge in [0.15, 0.2) is 11.5 Å². The number of nitrogens with one attached hydrogen (secondary N) is 2. The van der Waals surface area contributed by atoms with Gasteiger partial charge < -0.3 is 21.3 Å². The number of benzene rings is 1. The second kappa shape index (κ2) is 10.2. The fourth-order valence-electron chi connectivity index (χ4n) is 3.93. The van der Waals surface area contributed by atoms with Crippen molar-refractivity contribution >= 4 is 40.0 Å². The Kier molecular flexibility index (Phi) is 7.06. The zero-order chi connectivity index (χ0) is 24.2. The minimum absolute atomic E-state index is 0.0239. The van der Waals surface area contributed by atoms with Crippen molar-refractivity contribution in [2.45, 2.75) is 45.6 Å². The first-order valence-electron chi connectivity index (χ1n) is 11.3. The van der Waals surface area contributed by atoms with Crippen LogP contribution in [0.4, 0.5) is 16.6 Å². The van der Waals surface area contributed by atoms with Crippen molar-refractivity contribution < 1.29 is 9.59 Å². The zero-order valence-corrected chi connectivity index (χ0v) is 20.4. The zero-order valence-electron chi connectivity index (χ0n) is 19.5. The number of primary amides is 1. The Morgan fingerprint density at radius 2 is 2.00 bits per heavy atom. The number of aromatic nitrogens is 3. The van der Waals surface area contributed by atoms with Crippen LogP contribution in [0.2, 0.25) is 0 Å². The lowest BCUT2D eigenvalue weighted by atomic mass is 10.0. The summed E-state index contributed by atoms with van der Waals surface area (Å²) in [6.45, 7) is 7.52. The van der Waals surface area contributed by atoms with Gasteiger partial charge in [0, 0.05) is 24.7 Å².